The van der Waals surface area contributed by atoms with Crippen molar-refractivity contribution >= 4 is 11.3 Å². The van der Waals surface area contributed by atoms with Crippen LogP contribution >= 0.6 is 11.3 Å². The molecule has 3 heteroatoms. The van der Waals surface area contributed by atoms with Gasteiger partial charge in [-0.1, -0.05) is 19.9 Å². The minimum absolute atomic E-state index is 0.349. The van der Waals surface area contributed by atoms with Crippen molar-refractivity contribution in [2.24, 2.45) is 0 Å². The highest BCUT2D eigenvalue weighted by molar-refractivity contribution is 7.09. The van der Waals surface area contributed by atoms with Crippen LogP contribution in [0.3, 0.4) is 0 Å². The maximum Gasteiger partial charge on any atom is 0.0725 e. The van der Waals surface area contributed by atoms with Crippen molar-refractivity contribution in [3.63, 3.8) is 0 Å². The molecule has 0 amide bonds. The SMILES string of the molecule is CCCNC(CCc1cccs1)C(CC)OCC. The van der Waals surface area contributed by atoms with Gasteiger partial charge in [0.05, 0.1) is 6.10 Å². The molecule has 1 heterocycles. The van der Waals surface area contributed by atoms with E-state index in [1.807, 2.05) is 11.3 Å². The second-order valence-electron chi connectivity index (χ2n) is 4.58. The Bertz CT molecular complexity index is 287. The first-order valence-electron chi connectivity index (χ1n) is 7.19. The van der Waals surface area contributed by atoms with E-state index in [9.17, 15) is 0 Å². The monoisotopic (exact) mass is 269 g/mol. The van der Waals surface area contributed by atoms with Crippen LogP contribution < -0.4 is 5.32 Å². The largest absolute Gasteiger partial charge is 0.377 e. The minimum Gasteiger partial charge on any atom is -0.377 e. The van der Waals surface area contributed by atoms with E-state index >= 15 is 0 Å². The minimum atomic E-state index is 0.349. The first-order chi connectivity index (χ1) is 8.81. The van der Waals surface area contributed by atoms with Gasteiger partial charge in [-0.25, -0.2) is 0 Å². The lowest BCUT2D eigenvalue weighted by atomic mass is 10.0. The number of thiophene rings is 1. The lowest BCUT2D eigenvalue weighted by molar-refractivity contribution is 0.0298. The molecule has 18 heavy (non-hydrogen) atoms. The van der Waals surface area contributed by atoms with Crippen molar-refractivity contribution in [1.29, 1.82) is 0 Å². The highest BCUT2D eigenvalue weighted by Crippen LogP contribution is 2.16. The molecule has 1 rings (SSSR count). The van der Waals surface area contributed by atoms with Crippen molar-refractivity contribution in [3.05, 3.63) is 22.4 Å². The molecule has 0 aliphatic rings. The summed E-state index contributed by atoms with van der Waals surface area (Å²) < 4.78 is 5.86. The van der Waals surface area contributed by atoms with Crippen LogP contribution in [-0.4, -0.2) is 25.3 Å². The maximum atomic E-state index is 5.86. The number of ether oxygens (including phenoxy) is 1. The average molecular weight is 269 g/mol. The highest BCUT2D eigenvalue weighted by atomic mass is 32.1. The van der Waals surface area contributed by atoms with Crippen LogP contribution in [0.25, 0.3) is 0 Å². The van der Waals surface area contributed by atoms with Crippen molar-refractivity contribution in [1.82, 2.24) is 5.32 Å². The van der Waals surface area contributed by atoms with Crippen molar-refractivity contribution in [3.8, 4) is 0 Å². The van der Waals surface area contributed by atoms with E-state index in [1.165, 1.54) is 17.7 Å². The summed E-state index contributed by atoms with van der Waals surface area (Å²) in [4.78, 5) is 1.48. The fourth-order valence-corrected chi connectivity index (χ4v) is 2.96. The third kappa shape index (κ3) is 5.51. The van der Waals surface area contributed by atoms with Gasteiger partial charge < -0.3 is 10.1 Å². The normalized spacial score (nSPS) is 14.6. The Morgan fingerprint density at radius 2 is 2.17 bits per heavy atom. The summed E-state index contributed by atoms with van der Waals surface area (Å²) in [6.45, 7) is 8.40. The summed E-state index contributed by atoms with van der Waals surface area (Å²) in [7, 11) is 0. The third-order valence-corrected chi connectivity index (χ3v) is 4.11. The standard InChI is InChI=1S/C15H27NOS/c1-4-11-16-14(15(5-2)17-6-3)10-9-13-8-7-12-18-13/h7-8,12,14-16H,4-6,9-11H2,1-3H3. The molecule has 0 fully saturated rings. The Morgan fingerprint density at radius 3 is 2.72 bits per heavy atom. The van der Waals surface area contributed by atoms with Gasteiger partial charge in [-0.2, -0.15) is 0 Å². The van der Waals surface area contributed by atoms with E-state index in [1.54, 1.807) is 0 Å². The van der Waals surface area contributed by atoms with Gasteiger partial charge in [-0.05, 0) is 50.6 Å². The Kier molecular flexibility index (Phi) is 8.31. The molecule has 1 aromatic rings. The van der Waals surface area contributed by atoms with Crippen LogP contribution in [0.2, 0.25) is 0 Å². The Balaban J connectivity index is 2.47. The van der Waals surface area contributed by atoms with Gasteiger partial charge in [0, 0.05) is 17.5 Å². The van der Waals surface area contributed by atoms with Gasteiger partial charge in [-0.3, -0.25) is 0 Å². The average Bonchev–Trinajstić information content (AvgIpc) is 2.90. The van der Waals surface area contributed by atoms with Crippen LogP contribution in [-0.2, 0) is 11.2 Å². The van der Waals surface area contributed by atoms with Crippen molar-refractivity contribution in [2.75, 3.05) is 13.2 Å². The first kappa shape index (κ1) is 15.7. The van der Waals surface area contributed by atoms with Gasteiger partial charge in [0.15, 0.2) is 0 Å². The first-order valence-corrected chi connectivity index (χ1v) is 8.07. The van der Waals surface area contributed by atoms with E-state index < -0.39 is 0 Å². The molecule has 1 aromatic heterocycles. The molecule has 1 N–H and O–H groups in total. The van der Waals surface area contributed by atoms with Crippen LogP contribution in [0.4, 0.5) is 0 Å². The molecular weight excluding hydrogens is 242 g/mol. The second-order valence-corrected chi connectivity index (χ2v) is 5.61. The molecule has 0 bridgehead atoms. The topological polar surface area (TPSA) is 21.3 Å². The van der Waals surface area contributed by atoms with E-state index in [4.69, 9.17) is 4.74 Å². The smallest absolute Gasteiger partial charge is 0.0725 e. The van der Waals surface area contributed by atoms with Crippen LogP contribution in [0.5, 0.6) is 0 Å². The van der Waals surface area contributed by atoms with Gasteiger partial charge in [-0.15, -0.1) is 11.3 Å². The van der Waals surface area contributed by atoms with Crippen molar-refractivity contribution < 1.29 is 4.74 Å². The van der Waals surface area contributed by atoms with E-state index in [0.717, 1.165) is 26.0 Å². The molecule has 104 valence electrons. The van der Waals surface area contributed by atoms with Gasteiger partial charge >= 0.3 is 0 Å². The lowest BCUT2D eigenvalue weighted by Gasteiger charge is -2.27. The Morgan fingerprint density at radius 1 is 1.33 bits per heavy atom. The third-order valence-electron chi connectivity index (χ3n) is 3.17. The molecule has 0 aromatic carbocycles. The molecule has 2 nitrogen and oxygen atoms in total. The molecule has 2 atom stereocenters. The summed E-state index contributed by atoms with van der Waals surface area (Å²) in [5.41, 5.74) is 0. The fraction of sp³-hybridized carbons (Fsp3) is 0.733. The molecule has 0 spiro atoms. The van der Waals surface area contributed by atoms with Crippen molar-refractivity contribution in [2.45, 2.75) is 58.6 Å². The predicted octanol–water partition coefficient (Wildman–Crippen LogP) is 3.86. The summed E-state index contributed by atoms with van der Waals surface area (Å²) in [5, 5.41) is 5.80. The molecule has 0 saturated carbocycles. The molecule has 2 unspecified atom stereocenters. The summed E-state index contributed by atoms with van der Waals surface area (Å²) in [5.74, 6) is 0. The number of rotatable bonds is 10. The zero-order chi connectivity index (χ0) is 13.2. The molecule has 0 radical (unpaired) electrons. The lowest BCUT2D eigenvalue weighted by Crippen LogP contribution is -2.42. The van der Waals surface area contributed by atoms with Crippen LogP contribution in [0.15, 0.2) is 17.5 Å². The second kappa shape index (κ2) is 9.54. The molecule has 0 saturated heterocycles. The van der Waals surface area contributed by atoms with Crippen LogP contribution in [0.1, 0.15) is 44.9 Å². The zero-order valence-electron chi connectivity index (χ0n) is 11.9. The Hall–Kier alpha value is -0.380. The number of aryl methyl sites for hydroxylation is 1. The van der Waals surface area contributed by atoms with Crippen LogP contribution in [0, 0.1) is 0 Å². The van der Waals surface area contributed by atoms with Gasteiger partial charge in [0.2, 0.25) is 0 Å². The Labute approximate surface area is 116 Å². The number of hydrogen-bond acceptors (Lipinski definition) is 3. The van der Waals surface area contributed by atoms with Gasteiger partial charge in [0.1, 0.15) is 0 Å². The number of nitrogens with one attached hydrogen (secondary N) is 1. The predicted molar refractivity (Wildman–Crippen MR) is 80.4 cm³/mol. The zero-order valence-corrected chi connectivity index (χ0v) is 12.8. The highest BCUT2D eigenvalue weighted by Gasteiger charge is 2.19. The summed E-state index contributed by atoms with van der Waals surface area (Å²) in [6.07, 6.45) is 4.93. The summed E-state index contributed by atoms with van der Waals surface area (Å²) in [6, 6.07) is 4.84. The molecular formula is C15H27NOS. The van der Waals surface area contributed by atoms with Gasteiger partial charge in [0.25, 0.3) is 0 Å². The quantitative estimate of drug-likeness (QED) is 0.696. The maximum absolute atomic E-state index is 5.86. The summed E-state index contributed by atoms with van der Waals surface area (Å²) >= 11 is 1.85. The number of hydrogen-bond donors (Lipinski definition) is 1. The molecule has 0 aliphatic heterocycles. The van der Waals surface area contributed by atoms with E-state index in [2.05, 4.69) is 43.6 Å². The van der Waals surface area contributed by atoms with E-state index in [-0.39, 0.29) is 0 Å². The molecule has 0 aliphatic carbocycles. The fourth-order valence-electron chi connectivity index (χ4n) is 2.23. The van der Waals surface area contributed by atoms with E-state index in [0.29, 0.717) is 12.1 Å².